The molecule has 6 aromatic carbocycles. The van der Waals surface area contributed by atoms with E-state index in [1.54, 1.807) is 28.4 Å². The molecule has 11 heteroatoms. The summed E-state index contributed by atoms with van der Waals surface area (Å²) in [7, 11) is 3.33. The molecule has 0 saturated carbocycles. The standard InChI is InChI=1S/C46H48N3O7P/c1-7-55-57(50,56-8-2)30-29-47-45-27-17-37(48(33-9-19-39(51-3)20-10-33)34-11-21-40(52-4)22-12-34)31-43(45)44-32-38(18-28-46(44)47)49(35-13-23-41(53-5)24-14-35)36-15-25-42(54-6)26-16-36/h9-28,31-32H,7-8,29-30H2,1-6H3. The van der Waals surface area contributed by atoms with Crippen molar-refractivity contribution in [2.24, 2.45) is 0 Å². The predicted molar refractivity (Wildman–Crippen MR) is 231 cm³/mol. The zero-order valence-electron chi connectivity index (χ0n) is 33.2. The van der Waals surface area contributed by atoms with Gasteiger partial charge in [-0.25, -0.2) is 0 Å². The minimum atomic E-state index is -3.33. The lowest BCUT2D eigenvalue weighted by Gasteiger charge is -2.26. The Kier molecular flexibility index (Phi) is 12.0. The van der Waals surface area contributed by atoms with Crippen LogP contribution < -0.4 is 28.7 Å². The van der Waals surface area contributed by atoms with Gasteiger partial charge < -0.3 is 42.4 Å². The second kappa shape index (κ2) is 17.5. The van der Waals surface area contributed by atoms with Gasteiger partial charge in [-0.15, -0.1) is 0 Å². The summed E-state index contributed by atoms with van der Waals surface area (Å²) in [4.78, 5) is 4.43. The Morgan fingerprint density at radius 2 is 0.754 bits per heavy atom. The topological polar surface area (TPSA) is 83.9 Å². The van der Waals surface area contributed by atoms with E-state index in [0.717, 1.165) is 78.9 Å². The first-order valence-electron chi connectivity index (χ1n) is 18.9. The van der Waals surface area contributed by atoms with Crippen molar-refractivity contribution in [2.45, 2.75) is 20.4 Å². The largest absolute Gasteiger partial charge is 0.497 e. The fourth-order valence-electron chi connectivity index (χ4n) is 7.20. The van der Waals surface area contributed by atoms with Crippen molar-refractivity contribution in [2.75, 3.05) is 57.6 Å². The molecule has 0 fully saturated rings. The van der Waals surface area contributed by atoms with Gasteiger partial charge in [0, 0.05) is 62.5 Å². The Labute approximate surface area is 334 Å². The minimum Gasteiger partial charge on any atom is -0.497 e. The van der Waals surface area contributed by atoms with Crippen molar-refractivity contribution in [3.05, 3.63) is 133 Å². The van der Waals surface area contributed by atoms with Gasteiger partial charge in [0.15, 0.2) is 0 Å². The highest BCUT2D eigenvalue weighted by atomic mass is 31.2. The van der Waals surface area contributed by atoms with Crippen LogP contribution in [-0.2, 0) is 20.2 Å². The van der Waals surface area contributed by atoms with Crippen LogP contribution in [0.3, 0.4) is 0 Å². The van der Waals surface area contributed by atoms with Crippen molar-refractivity contribution in [1.29, 1.82) is 0 Å². The molecule has 0 bridgehead atoms. The lowest BCUT2D eigenvalue weighted by Crippen LogP contribution is -2.10. The number of fused-ring (bicyclic) bond motifs is 3. The highest BCUT2D eigenvalue weighted by Crippen LogP contribution is 2.49. The molecule has 0 amide bonds. The van der Waals surface area contributed by atoms with Crippen LogP contribution in [0.1, 0.15) is 13.8 Å². The summed E-state index contributed by atoms with van der Waals surface area (Å²) in [5.41, 5.74) is 7.75. The molecule has 0 N–H and O–H groups in total. The second-order valence-corrected chi connectivity index (χ2v) is 15.4. The molecule has 10 nitrogen and oxygen atoms in total. The number of aryl methyl sites for hydroxylation is 1. The lowest BCUT2D eigenvalue weighted by atomic mass is 10.1. The fraction of sp³-hybridized carbons (Fsp3) is 0.217. The minimum absolute atomic E-state index is 0.227. The smallest absolute Gasteiger partial charge is 0.332 e. The Bertz CT molecular complexity index is 2210. The summed E-state index contributed by atoms with van der Waals surface area (Å²) < 4.78 is 49.5. The number of nitrogens with zero attached hydrogens (tertiary/aromatic N) is 3. The Hall–Kier alpha value is -5.93. The van der Waals surface area contributed by atoms with Gasteiger partial charge >= 0.3 is 7.60 Å². The van der Waals surface area contributed by atoms with Gasteiger partial charge in [-0.2, -0.15) is 0 Å². The average Bonchev–Trinajstić information content (AvgIpc) is 3.56. The molecule has 7 rings (SSSR count). The number of rotatable bonds is 17. The molecule has 0 aliphatic heterocycles. The predicted octanol–water partition coefficient (Wildman–Crippen LogP) is 12.0. The van der Waals surface area contributed by atoms with Crippen LogP contribution >= 0.6 is 7.60 Å². The number of hydrogen-bond donors (Lipinski definition) is 0. The van der Waals surface area contributed by atoms with Crippen LogP contribution in [0.4, 0.5) is 34.1 Å². The van der Waals surface area contributed by atoms with E-state index in [2.05, 4.69) is 99.3 Å². The van der Waals surface area contributed by atoms with Gasteiger partial charge in [0.25, 0.3) is 0 Å². The zero-order chi connectivity index (χ0) is 39.9. The van der Waals surface area contributed by atoms with Crippen LogP contribution in [0.5, 0.6) is 23.0 Å². The van der Waals surface area contributed by atoms with Crippen molar-refractivity contribution >= 4 is 63.5 Å². The van der Waals surface area contributed by atoms with Crippen LogP contribution in [0.15, 0.2) is 133 Å². The Morgan fingerprint density at radius 1 is 0.456 bits per heavy atom. The van der Waals surface area contributed by atoms with E-state index in [1.807, 2.05) is 62.4 Å². The van der Waals surface area contributed by atoms with Gasteiger partial charge in [0.1, 0.15) is 23.0 Å². The van der Waals surface area contributed by atoms with E-state index in [1.165, 1.54) is 0 Å². The molecule has 294 valence electrons. The van der Waals surface area contributed by atoms with Crippen molar-refractivity contribution in [1.82, 2.24) is 4.57 Å². The highest BCUT2D eigenvalue weighted by molar-refractivity contribution is 7.53. The molecule has 57 heavy (non-hydrogen) atoms. The number of ether oxygens (including phenoxy) is 4. The third-order valence-electron chi connectivity index (χ3n) is 9.92. The third kappa shape index (κ3) is 8.30. The monoisotopic (exact) mass is 785 g/mol. The number of methoxy groups -OCH3 is 4. The zero-order valence-corrected chi connectivity index (χ0v) is 34.1. The van der Waals surface area contributed by atoms with Gasteiger partial charge in [-0.05, 0) is 147 Å². The van der Waals surface area contributed by atoms with Crippen molar-refractivity contribution in [3.8, 4) is 23.0 Å². The van der Waals surface area contributed by atoms with Gasteiger partial charge in [0.05, 0.1) is 47.8 Å². The first kappa shape index (κ1) is 39.3. The van der Waals surface area contributed by atoms with E-state index in [9.17, 15) is 4.57 Å². The average molecular weight is 786 g/mol. The fourth-order valence-corrected chi connectivity index (χ4v) is 8.77. The number of anilines is 6. The molecular formula is C46H48N3O7P. The molecule has 0 atom stereocenters. The summed E-state index contributed by atoms with van der Waals surface area (Å²) >= 11 is 0. The Morgan fingerprint density at radius 3 is 1.04 bits per heavy atom. The SMILES string of the molecule is CCOP(=O)(CCn1c2ccc(N(c3ccc(OC)cc3)c3ccc(OC)cc3)cc2c2cc(N(c3ccc(OC)cc3)c3ccc(OC)cc3)ccc21)OCC. The van der Waals surface area contributed by atoms with E-state index in [-0.39, 0.29) is 6.16 Å². The number of hydrogen-bond acceptors (Lipinski definition) is 9. The summed E-state index contributed by atoms with van der Waals surface area (Å²) in [6, 6.07) is 45.1. The normalized spacial score (nSPS) is 11.5. The molecule has 0 radical (unpaired) electrons. The maximum atomic E-state index is 13.8. The molecule has 0 aliphatic carbocycles. The number of benzene rings is 6. The van der Waals surface area contributed by atoms with E-state index in [4.69, 9.17) is 28.0 Å². The van der Waals surface area contributed by atoms with Crippen molar-refractivity contribution in [3.63, 3.8) is 0 Å². The van der Waals surface area contributed by atoms with E-state index in [0.29, 0.717) is 19.8 Å². The summed E-state index contributed by atoms with van der Waals surface area (Å²) in [5.74, 6) is 3.09. The van der Waals surface area contributed by atoms with Crippen LogP contribution in [-0.4, -0.2) is 52.4 Å². The van der Waals surface area contributed by atoms with Crippen molar-refractivity contribution < 1.29 is 32.6 Å². The van der Waals surface area contributed by atoms with Crippen LogP contribution in [0, 0.1) is 0 Å². The molecule has 0 spiro atoms. The molecule has 1 heterocycles. The van der Waals surface area contributed by atoms with E-state index < -0.39 is 7.60 Å². The first-order chi connectivity index (χ1) is 27.8. The highest BCUT2D eigenvalue weighted by Gasteiger charge is 2.25. The molecule has 0 unspecified atom stereocenters. The summed E-state index contributed by atoms with van der Waals surface area (Å²) in [5, 5.41) is 2.06. The molecule has 0 saturated heterocycles. The summed E-state index contributed by atoms with van der Waals surface area (Å²) in [6.07, 6.45) is 0.227. The summed E-state index contributed by atoms with van der Waals surface area (Å²) in [6.45, 7) is 4.71. The molecule has 7 aromatic rings. The number of aromatic nitrogens is 1. The molecule has 1 aromatic heterocycles. The molecule has 0 aliphatic rings. The maximum Gasteiger partial charge on any atom is 0.332 e. The van der Waals surface area contributed by atoms with Crippen LogP contribution in [0.25, 0.3) is 21.8 Å². The third-order valence-corrected chi connectivity index (χ3v) is 12.0. The van der Waals surface area contributed by atoms with Gasteiger partial charge in [-0.3, -0.25) is 4.57 Å². The van der Waals surface area contributed by atoms with Gasteiger partial charge in [-0.1, -0.05) is 0 Å². The molecular weight excluding hydrogens is 737 g/mol. The maximum absolute atomic E-state index is 13.8. The second-order valence-electron chi connectivity index (χ2n) is 13.2. The van der Waals surface area contributed by atoms with Crippen LogP contribution in [0.2, 0.25) is 0 Å². The van der Waals surface area contributed by atoms with E-state index >= 15 is 0 Å². The first-order valence-corrected chi connectivity index (χ1v) is 20.6. The quantitative estimate of drug-likeness (QED) is 0.0838. The lowest BCUT2D eigenvalue weighted by molar-refractivity contribution is 0.219. The Balaban J connectivity index is 1.44. The van der Waals surface area contributed by atoms with Gasteiger partial charge in [0.2, 0.25) is 0 Å².